The SMILES string of the molecule is Cc1cc(C2CC2)n(C(=O)c2c(Cl)cccc2OCc2cc(=O)n3nc(-c4ccccc4)nc3[nH]2)n1. The Bertz CT molecular complexity index is 1670. The molecule has 0 saturated heterocycles. The zero-order valence-corrected chi connectivity index (χ0v) is 20.1. The van der Waals surface area contributed by atoms with Gasteiger partial charge in [0.15, 0.2) is 5.82 Å². The lowest BCUT2D eigenvalue weighted by Gasteiger charge is -2.13. The third kappa shape index (κ3) is 4.07. The Morgan fingerprint density at radius 3 is 2.69 bits per heavy atom. The number of hydrogen-bond donors (Lipinski definition) is 1. The van der Waals surface area contributed by atoms with Gasteiger partial charge in [-0.1, -0.05) is 48.0 Å². The highest BCUT2D eigenvalue weighted by Gasteiger charge is 2.31. The number of carbonyl (C=O) groups is 1. The number of aromatic nitrogens is 6. The van der Waals surface area contributed by atoms with Gasteiger partial charge in [0.1, 0.15) is 17.9 Å². The van der Waals surface area contributed by atoms with Gasteiger partial charge in [-0.3, -0.25) is 9.59 Å². The van der Waals surface area contributed by atoms with E-state index in [1.54, 1.807) is 18.2 Å². The Morgan fingerprint density at radius 1 is 1.11 bits per heavy atom. The number of hydrogen-bond acceptors (Lipinski definition) is 6. The van der Waals surface area contributed by atoms with Crippen LogP contribution in [0.2, 0.25) is 5.02 Å². The second-order valence-corrected chi connectivity index (χ2v) is 9.18. The Balaban J connectivity index is 1.30. The maximum atomic E-state index is 13.5. The molecule has 1 fully saturated rings. The minimum Gasteiger partial charge on any atom is -0.486 e. The molecule has 36 heavy (non-hydrogen) atoms. The predicted octanol–water partition coefficient (Wildman–Crippen LogP) is 4.39. The van der Waals surface area contributed by atoms with E-state index in [2.05, 4.69) is 20.2 Å². The number of aryl methyl sites for hydroxylation is 1. The fourth-order valence-corrected chi connectivity index (χ4v) is 4.42. The number of fused-ring (bicyclic) bond motifs is 1. The zero-order valence-electron chi connectivity index (χ0n) is 19.3. The molecule has 0 unspecified atom stereocenters. The van der Waals surface area contributed by atoms with Crippen LogP contribution in [0.15, 0.2) is 65.5 Å². The molecule has 10 heteroatoms. The minimum absolute atomic E-state index is 0.00644. The molecule has 0 spiro atoms. The summed E-state index contributed by atoms with van der Waals surface area (Å²) in [6.07, 6.45) is 2.07. The van der Waals surface area contributed by atoms with E-state index in [9.17, 15) is 9.59 Å². The first kappa shape index (κ1) is 22.2. The molecule has 1 N–H and O–H groups in total. The molecule has 3 heterocycles. The summed E-state index contributed by atoms with van der Waals surface area (Å²) in [5.41, 5.74) is 2.81. The molecule has 2 aromatic carbocycles. The van der Waals surface area contributed by atoms with Crippen molar-refractivity contribution in [3.8, 4) is 17.1 Å². The minimum atomic E-state index is -0.348. The summed E-state index contributed by atoms with van der Waals surface area (Å²) in [6, 6.07) is 17.8. The standard InChI is InChI=1S/C26H21ClN6O3/c1-15-12-20(16-10-11-16)32(30-15)25(35)23-19(27)8-5-9-21(23)36-14-18-13-22(34)33-26(28-18)29-24(31-33)17-6-3-2-4-7-17/h2-9,12-13,16H,10-11,14H2,1H3,(H,28,29,31). The van der Waals surface area contributed by atoms with E-state index >= 15 is 0 Å². The van der Waals surface area contributed by atoms with Crippen LogP contribution in [0, 0.1) is 6.92 Å². The van der Waals surface area contributed by atoms with Gasteiger partial charge in [-0.05, 0) is 38.0 Å². The summed E-state index contributed by atoms with van der Waals surface area (Å²) >= 11 is 6.45. The molecule has 0 amide bonds. The first-order valence-electron chi connectivity index (χ1n) is 11.5. The average Bonchev–Trinajstić information content (AvgIpc) is 3.51. The fourth-order valence-electron chi connectivity index (χ4n) is 4.17. The summed E-state index contributed by atoms with van der Waals surface area (Å²) in [7, 11) is 0. The zero-order chi connectivity index (χ0) is 24.8. The molecule has 6 rings (SSSR count). The smallest absolute Gasteiger partial charge is 0.283 e. The highest BCUT2D eigenvalue weighted by Crippen LogP contribution is 2.41. The largest absolute Gasteiger partial charge is 0.486 e. The Labute approximate surface area is 210 Å². The van der Waals surface area contributed by atoms with Gasteiger partial charge in [0.2, 0.25) is 5.78 Å². The van der Waals surface area contributed by atoms with Gasteiger partial charge in [0.05, 0.1) is 22.1 Å². The molecule has 9 nitrogen and oxygen atoms in total. The van der Waals surface area contributed by atoms with Crippen molar-refractivity contribution in [2.45, 2.75) is 32.3 Å². The lowest BCUT2D eigenvalue weighted by atomic mass is 10.1. The van der Waals surface area contributed by atoms with Crippen LogP contribution in [0.4, 0.5) is 0 Å². The van der Waals surface area contributed by atoms with E-state index in [1.165, 1.54) is 15.3 Å². The van der Waals surface area contributed by atoms with Crippen molar-refractivity contribution in [3.63, 3.8) is 0 Å². The number of carbonyl (C=O) groups excluding carboxylic acids is 1. The molecule has 0 bridgehead atoms. The summed E-state index contributed by atoms with van der Waals surface area (Å²) in [6.45, 7) is 1.85. The molecule has 180 valence electrons. The molecule has 5 aromatic rings. The Hall–Kier alpha value is -4.24. The number of H-pyrrole nitrogens is 1. The van der Waals surface area contributed by atoms with Crippen molar-refractivity contribution < 1.29 is 9.53 Å². The molecule has 0 atom stereocenters. The van der Waals surface area contributed by atoms with E-state index in [-0.39, 0.29) is 28.7 Å². The number of ether oxygens (including phenoxy) is 1. The maximum Gasteiger partial charge on any atom is 0.283 e. The number of halogens is 1. The molecule has 1 aliphatic carbocycles. The lowest BCUT2D eigenvalue weighted by molar-refractivity contribution is 0.0936. The van der Waals surface area contributed by atoms with Crippen LogP contribution in [0.5, 0.6) is 5.75 Å². The van der Waals surface area contributed by atoms with Gasteiger partial charge in [-0.25, -0.2) is 4.68 Å². The van der Waals surface area contributed by atoms with Gasteiger partial charge in [-0.2, -0.15) is 14.6 Å². The van der Waals surface area contributed by atoms with E-state index in [1.807, 2.05) is 43.3 Å². The van der Waals surface area contributed by atoms with Gasteiger partial charge in [0.25, 0.3) is 11.5 Å². The van der Waals surface area contributed by atoms with Gasteiger partial charge in [-0.15, -0.1) is 5.10 Å². The molecule has 3 aromatic heterocycles. The number of nitrogens with one attached hydrogen (secondary N) is 1. The number of benzene rings is 2. The summed E-state index contributed by atoms with van der Waals surface area (Å²) in [4.78, 5) is 33.7. The fraction of sp³-hybridized carbons (Fsp3) is 0.192. The molecule has 1 aliphatic rings. The third-order valence-electron chi connectivity index (χ3n) is 6.04. The van der Waals surface area contributed by atoms with Crippen molar-refractivity contribution in [1.29, 1.82) is 0 Å². The first-order chi connectivity index (χ1) is 17.5. The van der Waals surface area contributed by atoms with E-state index in [0.717, 1.165) is 29.8 Å². The van der Waals surface area contributed by atoms with Crippen LogP contribution in [0.25, 0.3) is 17.2 Å². The normalized spacial score (nSPS) is 13.3. The summed E-state index contributed by atoms with van der Waals surface area (Å²) in [5.74, 6) is 1.02. The number of rotatable bonds is 6. The second kappa shape index (κ2) is 8.76. The lowest BCUT2D eigenvalue weighted by Crippen LogP contribution is -2.19. The van der Waals surface area contributed by atoms with Crippen molar-refractivity contribution in [2.75, 3.05) is 0 Å². The second-order valence-electron chi connectivity index (χ2n) is 8.77. The van der Waals surface area contributed by atoms with Gasteiger partial charge >= 0.3 is 0 Å². The van der Waals surface area contributed by atoms with E-state index in [4.69, 9.17) is 16.3 Å². The quantitative estimate of drug-likeness (QED) is 0.370. The topological polar surface area (TPSA) is 107 Å². The molecule has 0 radical (unpaired) electrons. The summed E-state index contributed by atoms with van der Waals surface area (Å²) in [5, 5.41) is 8.98. The van der Waals surface area contributed by atoms with Gasteiger partial charge in [0, 0.05) is 17.5 Å². The van der Waals surface area contributed by atoms with Crippen LogP contribution >= 0.6 is 11.6 Å². The Morgan fingerprint density at radius 2 is 1.92 bits per heavy atom. The van der Waals surface area contributed by atoms with Crippen molar-refractivity contribution in [2.24, 2.45) is 0 Å². The average molecular weight is 501 g/mol. The van der Waals surface area contributed by atoms with Crippen LogP contribution in [-0.2, 0) is 6.61 Å². The molecule has 1 saturated carbocycles. The van der Waals surface area contributed by atoms with E-state index in [0.29, 0.717) is 29.0 Å². The monoisotopic (exact) mass is 500 g/mol. The highest BCUT2D eigenvalue weighted by molar-refractivity contribution is 6.34. The van der Waals surface area contributed by atoms with Crippen LogP contribution in [0.1, 0.15) is 46.2 Å². The molecule has 0 aliphatic heterocycles. The van der Waals surface area contributed by atoms with E-state index < -0.39 is 0 Å². The summed E-state index contributed by atoms with van der Waals surface area (Å²) < 4.78 is 8.63. The molecular formula is C26H21ClN6O3. The molecular weight excluding hydrogens is 480 g/mol. The maximum absolute atomic E-state index is 13.5. The number of aromatic amines is 1. The number of nitrogens with zero attached hydrogens (tertiary/aromatic N) is 5. The highest BCUT2D eigenvalue weighted by atomic mass is 35.5. The third-order valence-corrected chi connectivity index (χ3v) is 6.35. The van der Waals surface area contributed by atoms with Crippen LogP contribution in [0.3, 0.4) is 0 Å². The van der Waals surface area contributed by atoms with Gasteiger partial charge < -0.3 is 9.72 Å². The van der Waals surface area contributed by atoms with Crippen molar-refractivity contribution >= 4 is 23.3 Å². The van der Waals surface area contributed by atoms with Crippen molar-refractivity contribution in [1.82, 2.24) is 29.4 Å². The first-order valence-corrected chi connectivity index (χ1v) is 11.9. The Kier molecular flexibility index (Phi) is 5.41. The van der Waals surface area contributed by atoms with Crippen LogP contribution in [-0.4, -0.2) is 35.3 Å². The van der Waals surface area contributed by atoms with Crippen molar-refractivity contribution in [3.05, 3.63) is 98.7 Å². The predicted molar refractivity (Wildman–Crippen MR) is 133 cm³/mol. The van der Waals surface area contributed by atoms with Crippen LogP contribution < -0.4 is 10.3 Å².